The summed E-state index contributed by atoms with van der Waals surface area (Å²) in [5.74, 6) is -0.531. The molecule has 1 fully saturated rings. The number of alkyl halides is 1. The molecule has 1 saturated heterocycles. The fourth-order valence-electron chi connectivity index (χ4n) is 3.52. The summed E-state index contributed by atoms with van der Waals surface area (Å²) >= 11 is 6.84. The molecule has 150 valence electrons. The lowest BCUT2D eigenvalue weighted by molar-refractivity contribution is -0.214. The van der Waals surface area contributed by atoms with E-state index in [1.807, 2.05) is 66.7 Å². The molecule has 29 heavy (non-hydrogen) atoms. The first-order valence-electron chi connectivity index (χ1n) is 9.51. The smallest absolute Gasteiger partial charge is 0.258 e. The Morgan fingerprint density at radius 3 is 2.66 bits per heavy atom. The number of aromatic nitrogens is 1. The lowest BCUT2D eigenvalue weighted by Gasteiger charge is -2.39. The molecule has 0 saturated carbocycles. The molecule has 0 bridgehead atoms. The Kier molecular flexibility index (Phi) is 5.72. The van der Waals surface area contributed by atoms with E-state index in [4.69, 9.17) is 25.8 Å². The van der Waals surface area contributed by atoms with Crippen LogP contribution in [0.4, 0.5) is 11.4 Å². The van der Waals surface area contributed by atoms with Crippen LogP contribution in [0.3, 0.4) is 0 Å². The first-order chi connectivity index (χ1) is 14.1. The molecule has 2 aromatic carbocycles. The maximum absolute atomic E-state index is 6.84. The van der Waals surface area contributed by atoms with Crippen molar-refractivity contribution in [3.63, 3.8) is 0 Å². The van der Waals surface area contributed by atoms with Gasteiger partial charge in [0, 0.05) is 49.8 Å². The predicted octanol–water partition coefficient (Wildman–Crippen LogP) is 5.14. The van der Waals surface area contributed by atoms with E-state index in [0.717, 1.165) is 16.9 Å². The topological polar surface area (TPSA) is 52.6 Å². The molecule has 3 aromatic rings. The summed E-state index contributed by atoms with van der Waals surface area (Å²) in [5.41, 5.74) is 2.85. The Morgan fingerprint density at radius 1 is 1.07 bits per heavy atom. The van der Waals surface area contributed by atoms with Crippen LogP contribution in [0.5, 0.6) is 5.75 Å². The summed E-state index contributed by atoms with van der Waals surface area (Å²) < 4.78 is 18.2. The van der Waals surface area contributed by atoms with Crippen LogP contribution in [0.2, 0.25) is 0 Å². The maximum atomic E-state index is 6.84. The Labute approximate surface area is 175 Å². The normalized spacial score (nSPS) is 23.7. The largest absolute Gasteiger partial charge is 0.457 e. The number of halogens is 1. The first-order valence-corrected chi connectivity index (χ1v) is 9.88. The van der Waals surface area contributed by atoms with Crippen molar-refractivity contribution in [1.82, 2.24) is 4.98 Å². The van der Waals surface area contributed by atoms with Crippen molar-refractivity contribution in [2.24, 2.45) is 0 Å². The third-order valence-corrected chi connectivity index (χ3v) is 5.62. The molecule has 1 unspecified atom stereocenters. The molecule has 0 spiro atoms. The van der Waals surface area contributed by atoms with Crippen molar-refractivity contribution in [3.8, 4) is 5.75 Å². The van der Waals surface area contributed by atoms with E-state index in [0.29, 0.717) is 25.2 Å². The van der Waals surface area contributed by atoms with Crippen molar-refractivity contribution in [2.75, 3.05) is 19.0 Å². The number of nitrogens with zero attached hydrogens (tertiary/aromatic N) is 1. The Bertz CT molecular complexity index is 941. The van der Waals surface area contributed by atoms with Gasteiger partial charge in [-0.3, -0.25) is 4.98 Å². The second kappa shape index (κ2) is 8.41. The number of methoxy groups -OCH3 is 1. The molecule has 4 rings (SSSR count). The molecule has 5 nitrogen and oxygen atoms in total. The van der Waals surface area contributed by atoms with Gasteiger partial charge in [0.2, 0.25) is 5.06 Å². The van der Waals surface area contributed by atoms with Gasteiger partial charge in [-0.25, -0.2) is 0 Å². The summed E-state index contributed by atoms with van der Waals surface area (Å²) in [5, 5.41) is 2.27. The van der Waals surface area contributed by atoms with Crippen molar-refractivity contribution < 1.29 is 14.2 Å². The third-order valence-electron chi connectivity index (χ3n) is 4.99. The van der Waals surface area contributed by atoms with Crippen molar-refractivity contribution >= 4 is 23.0 Å². The molecule has 1 N–H and O–H groups in total. The van der Waals surface area contributed by atoms with Crippen molar-refractivity contribution in [1.29, 1.82) is 0 Å². The minimum absolute atomic E-state index is 0.411. The fourth-order valence-corrected chi connectivity index (χ4v) is 3.75. The number of ether oxygens (including phenoxy) is 3. The van der Waals surface area contributed by atoms with Gasteiger partial charge in [0.05, 0.1) is 6.61 Å². The average Bonchev–Trinajstić information content (AvgIpc) is 3.06. The molecule has 0 aliphatic carbocycles. The number of pyridine rings is 1. The van der Waals surface area contributed by atoms with Crippen LogP contribution in [-0.4, -0.2) is 29.5 Å². The molecular weight excluding hydrogens is 388 g/mol. The van der Waals surface area contributed by atoms with Gasteiger partial charge in [0.1, 0.15) is 5.75 Å². The van der Waals surface area contributed by atoms with E-state index < -0.39 is 10.8 Å². The number of para-hydroxylation sites is 1. The quantitative estimate of drug-likeness (QED) is 0.546. The number of nitrogens with one attached hydrogen (secondary N) is 1. The second-order valence-corrected chi connectivity index (χ2v) is 7.55. The molecule has 0 amide bonds. The lowest BCUT2D eigenvalue weighted by atomic mass is 10.00. The summed E-state index contributed by atoms with van der Waals surface area (Å²) in [6.07, 6.45) is 4.45. The van der Waals surface area contributed by atoms with Crippen LogP contribution >= 0.6 is 11.6 Å². The van der Waals surface area contributed by atoms with Gasteiger partial charge in [0.15, 0.2) is 0 Å². The summed E-state index contributed by atoms with van der Waals surface area (Å²) in [7, 11) is 1.58. The summed E-state index contributed by atoms with van der Waals surface area (Å²) in [4.78, 5) is 4.19. The van der Waals surface area contributed by atoms with Crippen molar-refractivity contribution in [3.05, 3.63) is 84.7 Å². The molecule has 1 aliphatic heterocycles. The number of hydrogen-bond acceptors (Lipinski definition) is 5. The van der Waals surface area contributed by atoms with Gasteiger partial charge in [-0.15, -0.1) is 0 Å². The zero-order valence-electron chi connectivity index (χ0n) is 16.2. The highest BCUT2D eigenvalue weighted by molar-refractivity contribution is 6.23. The number of benzene rings is 2. The standard InChI is InChI=1S/C23H23ClN2O3/c1-27-22(24)12-14-28-23(22,16-18-7-6-13-25-17-18)29-21-11-5-10-20(15-21)26-19-8-3-2-4-9-19/h2-11,13,15,17,26H,12,14,16H2,1H3/t22?,23-/m1/s1. The van der Waals surface area contributed by atoms with Gasteiger partial charge < -0.3 is 19.5 Å². The Hall–Kier alpha value is -2.60. The van der Waals surface area contributed by atoms with E-state index in [2.05, 4.69) is 10.3 Å². The number of hydrogen-bond donors (Lipinski definition) is 1. The number of rotatable bonds is 7. The van der Waals surface area contributed by atoms with E-state index in [-0.39, 0.29) is 0 Å². The van der Waals surface area contributed by atoms with Crippen LogP contribution in [0, 0.1) is 0 Å². The van der Waals surface area contributed by atoms with Crippen LogP contribution in [0.25, 0.3) is 0 Å². The SMILES string of the molecule is COC1(Cl)CCO[C@]1(Cc1cccnc1)Oc1cccc(Nc2ccccc2)c1. The van der Waals surface area contributed by atoms with Gasteiger partial charge in [-0.2, -0.15) is 0 Å². The zero-order chi connectivity index (χ0) is 20.2. The van der Waals surface area contributed by atoms with Crippen molar-refractivity contribution in [2.45, 2.75) is 23.7 Å². The van der Waals surface area contributed by atoms with E-state index in [1.165, 1.54) is 0 Å². The zero-order valence-corrected chi connectivity index (χ0v) is 16.9. The maximum Gasteiger partial charge on any atom is 0.258 e. The van der Waals surface area contributed by atoms with Gasteiger partial charge >= 0.3 is 0 Å². The summed E-state index contributed by atoms with van der Waals surface area (Å²) in [6.45, 7) is 0.444. The molecule has 1 aliphatic rings. The minimum atomic E-state index is -1.17. The molecule has 0 radical (unpaired) electrons. The van der Waals surface area contributed by atoms with Crippen LogP contribution in [0.15, 0.2) is 79.1 Å². The highest BCUT2D eigenvalue weighted by Gasteiger charge is 2.59. The minimum Gasteiger partial charge on any atom is -0.457 e. The van der Waals surface area contributed by atoms with Gasteiger partial charge in [0.25, 0.3) is 5.79 Å². The lowest BCUT2D eigenvalue weighted by Crippen LogP contribution is -2.54. The van der Waals surface area contributed by atoms with Crippen LogP contribution in [-0.2, 0) is 15.9 Å². The van der Waals surface area contributed by atoms with Crippen LogP contribution < -0.4 is 10.1 Å². The van der Waals surface area contributed by atoms with Gasteiger partial charge in [-0.1, -0.05) is 41.9 Å². The van der Waals surface area contributed by atoms with E-state index in [1.54, 1.807) is 19.5 Å². The van der Waals surface area contributed by atoms with Crippen LogP contribution in [0.1, 0.15) is 12.0 Å². The first kappa shape index (κ1) is 19.7. The second-order valence-electron chi connectivity index (χ2n) is 6.94. The Morgan fingerprint density at radius 2 is 1.90 bits per heavy atom. The molecule has 2 atom stereocenters. The highest BCUT2D eigenvalue weighted by atomic mass is 35.5. The monoisotopic (exact) mass is 410 g/mol. The molecule has 1 aromatic heterocycles. The molecule has 6 heteroatoms. The summed E-state index contributed by atoms with van der Waals surface area (Å²) in [6, 6.07) is 21.5. The predicted molar refractivity (Wildman–Crippen MR) is 114 cm³/mol. The van der Waals surface area contributed by atoms with E-state index >= 15 is 0 Å². The van der Waals surface area contributed by atoms with E-state index in [9.17, 15) is 0 Å². The highest BCUT2D eigenvalue weighted by Crippen LogP contribution is 2.45. The number of anilines is 2. The molecule has 2 heterocycles. The fraction of sp³-hybridized carbons (Fsp3) is 0.261. The molecular formula is C23H23ClN2O3. The average molecular weight is 411 g/mol. The van der Waals surface area contributed by atoms with Gasteiger partial charge in [-0.05, 0) is 35.9 Å². The Balaban J connectivity index is 1.62. The third kappa shape index (κ3) is 4.22.